The molecule has 0 amide bonds. The lowest BCUT2D eigenvalue weighted by Crippen LogP contribution is -2.08. The van der Waals surface area contributed by atoms with Gasteiger partial charge in [0, 0.05) is 6.54 Å². The summed E-state index contributed by atoms with van der Waals surface area (Å²) in [5.41, 5.74) is 4.75. The zero-order valence-corrected chi connectivity index (χ0v) is 8.87. The molecule has 1 N–H and O–H groups in total. The molecule has 1 saturated heterocycles. The quantitative estimate of drug-likeness (QED) is 0.741. The molecule has 0 spiro atoms. The molecule has 0 bridgehead atoms. The van der Waals surface area contributed by atoms with Crippen LogP contribution in [0.2, 0.25) is 0 Å². The third-order valence-corrected chi connectivity index (χ3v) is 2.53. The average Bonchev–Trinajstić information content (AvgIpc) is 2.75. The average molecular weight is 192 g/mol. The van der Waals surface area contributed by atoms with Crippen LogP contribution in [0.5, 0.6) is 5.75 Å². The molecular weight excluding hydrogens is 176 g/mol. The monoisotopic (exact) mass is 192 g/mol. The van der Waals surface area contributed by atoms with Crippen molar-refractivity contribution in [3.05, 3.63) is 29.8 Å². The largest absolute Gasteiger partial charge is 0.497 e. The fourth-order valence-electron chi connectivity index (χ4n) is 1.46. The zero-order valence-electron chi connectivity index (χ0n) is 8.87. The van der Waals surface area contributed by atoms with Gasteiger partial charge in [0.05, 0.1) is 12.8 Å². The molecule has 1 aromatic rings. The summed E-state index contributed by atoms with van der Waals surface area (Å²) in [6, 6.07) is 8.17. The summed E-state index contributed by atoms with van der Waals surface area (Å²) in [5, 5.41) is 2.20. The van der Waals surface area contributed by atoms with Gasteiger partial charge in [-0.3, -0.25) is 0 Å². The van der Waals surface area contributed by atoms with Crippen LogP contribution in [0.25, 0.3) is 0 Å². The summed E-state index contributed by atoms with van der Waals surface area (Å²) in [6.45, 7) is 5.27. The number of hydrogen-bond acceptors (Lipinski definition) is 3. The Morgan fingerprint density at radius 3 is 2.29 bits per heavy atom. The second-order valence-electron chi connectivity index (χ2n) is 4.11. The third-order valence-electron chi connectivity index (χ3n) is 2.53. The van der Waals surface area contributed by atoms with Crippen molar-refractivity contribution in [2.75, 3.05) is 7.11 Å². The normalized spacial score (nSPS) is 23.2. The van der Waals surface area contributed by atoms with Gasteiger partial charge in [-0.25, -0.2) is 10.4 Å². The second-order valence-corrected chi connectivity index (χ2v) is 4.11. The van der Waals surface area contributed by atoms with Gasteiger partial charge in [-0.2, -0.15) is 0 Å². The summed E-state index contributed by atoms with van der Waals surface area (Å²) in [5.74, 6) is 0.909. The maximum Gasteiger partial charge on any atom is 0.118 e. The molecule has 14 heavy (non-hydrogen) atoms. The molecule has 0 aliphatic carbocycles. The van der Waals surface area contributed by atoms with E-state index in [1.54, 1.807) is 7.11 Å². The van der Waals surface area contributed by atoms with Crippen molar-refractivity contribution in [1.82, 2.24) is 10.4 Å². The van der Waals surface area contributed by atoms with Gasteiger partial charge >= 0.3 is 0 Å². The van der Waals surface area contributed by atoms with Crippen molar-refractivity contribution in [3.8, 4) is 5.75 Å². The van der Waals surface area contributed by atoms with Gasteiger partial charge in [0.25, 0.3) is 0 Å². The van der Waals surface area contributed by atoms with Gasteiger partial charge in [-0.15, -0.1) is 0 Å². The first-order chi connectivity index (χ1) is 6.62. The van der Waals surface area contributed by atoms with E-state index in [2.05, 4.69) is 36.4 Å². The second kappa shape index (κ2) is 3.26. The Morgan fingerprint density at radius 2 is 1.86 bits per heavy atom. The van der Waals surface area contributed by atoms with E-state index in [9.17, 15) is 0 Å². The fraction of sp³-hybridized carbons (Fsp3) is 0.455. The lowest BCUT2D eigenvalue weighted by atomic mass is 10.2. The van der Waals surface area contributed by atoms with E-state index >= 15 is 0 Å². The molecular formula is C11H16N2O. The molecule has 1 heterocycles. The van der Waals surface area contributed by atoms with Crippen molar-refractivity contribution in [1.29, 1.82) is 0 Å². The number of hydrogen-bond donors (Lipinski definition) is 1. The number of ether oxygens (including phenoxy) is 1. The number of nitrogens with zero attached hydrogens (tertiary/aromatic N) is 1. The molecule has 2 rings (SSSR count). The number of benzene rings is 1. The van der Waals surface area contributed by atoms with Gasteiger partial charge in [0.2, 0.25) is 0 Å². The minimum absolute atomic E-state index is 0.167. The van der Waals surface area contributed by atoms with Crippen molar-refractivity contribution in [2.24, 2.45) is 0 Å². The number of rotatable bonds is 3. The van der Waals surface area contributed by atoms with Crippen LogP contribution < -0.4 is 10.2 Å². The highest BCUT2D eigenvalue weighted by molar-refractivity contribution is 5.27. The van der Waals surface area contributed by atoms with Crippen molar-refractivity contribution < 1.29 is 4.74 Å². The van der Waals surface area contributed by atoms with E-state index in [1.807, 2.05) is 12.1 Å². The summed E-state index contributed by atoms with van der Waals surface area (Å²) in [4.78, 5) is 0. The van der Waals surface area contributed by atoms with Crippen molar-refractivity contribution in [3.63, 3.8) is 0 Å². The van der Waals surface area contributed by atoms with Crippen LogP contribution >= 0.6 is 0 Å². The van der Waals surface area contributed by atoms with E-state index in [0.717, 1.165) is 12.3 Å². The summed E-state index contributed by atoms with van der Waals surface area (Å²) in [6.07, 6.45) is 0. The SMILES string of the molecule is COc1ccc(CN2NC2(C)C)cc1. The van der Waals surface area contributed by atoms with E-state index < -0.39 is 0 Å². The summed E-state index contributed by atoms with van der Waals surface area (Å²) in [7, 11) is 1.68. The molecule has 1 aromatic carbocycles. The Morgan fingerprint density at radius 1 is 1.29 bits per heavy atom. The van der Waals surface area contributed by atoms with Crippen molar-refractivity contribution in [2.45, 2.75) is 26.1 Å². The van der Waals surface area contributed by atoms with Crippen LogP contribution in [0.15, 0.2) is 24.3 Å². The highest BCUT2D eigenvalue weighted by Crippen LogP contribution is 2.25. The summed E-state index contributed by atoms with van der Waals surface area (Å²) < 4.78 is 5.10. The van der Waals surface area contributed by atoms with Gasteiger partial charge in [0.1, 0.15) is 5.75 Å². The smallest absolute Gasteiger partial charge is 0.118 e. The molecule has 0 aromatic heterocycles. The molecule has 1 aliphatic rings. The van der Waals surface area contributed by atoms with Crippen LogP contribution in [0.1, 0.15) is 19.4 Å². The maximum atomic E-state index is 5.10. The topological polar surface area (TPSA) is 34.2 Å². The highest BCUT2D eigenvalue weighted by Gasteiger charge is 2.41. The van der Waals surface area contributed by atoms with Gasteiger partial charge in [0.15, 0.2) is 0 Å². The van der Waals surface area contributed by atoms with Gasteiger partial charge in [-0.05, 0) is 31.5 Å². The first kappa shape index (κ1) is 9.49. The van der Waals surface area contributed by atoms with Gasteiger partial charge in [-0.1, -0.05) is 12.1 Å². The first-order valence-corrected chi connectivity index (χ1v) is 4.80. The van der Waals surface area contributed by atoms with E-state index in [1.165, 1.54) is 5.56 Å². The fourth-order valence-corrected chi connectivity index (χ4v) is 1.46. The van der Waals surface area contributed by atoms with Crippen LogP contribution in [0.3, 0.4) is 0 Å². The van der Waals surface area contributed by atoms with Gasteiger partial charge < -0.3 is 4.74 Å². The van der Waals surface area contributed by atoms with Crippen molar-refractivity contribution >= 4 is 0 Å². The first-order valence-electron chi connectivity index (χ1n) is 4.80. The lowest BCUT2D eigenvalue weighted by molar-refractivity contribution is 0.412. The van der Waals surface area contributed by atoms with E-state index in [0.29, 0.717) is 0 Å². The molecule has 3 nitrogen and oxygen atoms in total. The Bertz CT molecular complexity index is 319. The number of hydrazine groups is 1. The minimum atomic E-state index is 0.167. The van der Waals surface area contributed by atoms with Crippen LogP contribution in [0, 0.1) is 0 Å². The Kier molecular flexibility index (Phi) is 2.21. The molecule has 0 saturated carbocycles. The van der Waals surface area contributed by atoms with Crippen LogP contribution in [0.4, 0.5) is 0 Å². The third kappa shape index (κ3) is 1.89. The predicted octanol–water partition coefficient (Wildman–Crippen LogP) is 1.75. The zero-order chi connectivity index (χ0) is 10.2. The lowest BCUT2D eigenvalue weighted by Gasteiger charge is -2.04. The molecule has 1 unspecified atom stereocenters. The minimum Gasteiger partial charge on any atom is -0.497 e. The standard InChI is InChI=1S/C11H16N2O/c1-11(2)12-13(11)8-9-4-6-10(14-3)7-5-9/h4-7,12H,8H2,1-3H3. The molecule has 76 valence electrons. The number of nitrogens with one attached hydrogen (secondary N) is 1. The molecule has 0 radical (unpaired) electrons. The van der Waals surface area contributed by atoms with E-state index in [-0.39, 0.29) is 5.66 Å². The van der Waals surface area contributed by atoms with E-state index in [4.69, 9.17) is 4.74 Å². The molecule has 1 atom stereocenters. The Balaban J connectivity index is 1.98. The highest BCUT2D eigenvalue weighted by atomic mass is 16.5. The Labute approximate surface area is 84.6 Å². The van der Waals surface area contributed by atoms with Crippen LogP contribution in [-0.2, 0) is 6.54 Å². The predicted molar refractivity (Wildman–Crippen MR) is 55.8 cm³/mol. The maximum absolute atomic E-state index is 5.10. The molecule has 1 fully saturated rings. The molecule has 1 aliphatic heterocycles. The Hall–Kier alpha value is -1.06. The summed E-state index contributed by atoms with van der Waals surface area (Å²) >= 11 is 0. The number of methoxy groups -OCH3 is 1. The molecule has 3 heteroatoms. The van der Waals surface area contributed by atoms with Crippen LogP contribution in [-0.4, -0.2) is 17.8 Å².